The Morgan fingerprint density at radius 2 is 1.59 bits per heavy atom. The molecule has 11 nitrogen and oxygen atoms in total. The van der Waals surface area contributed by atoms with Crippen molar-refractivity contribution < 1.29 is 37.1 Å². The number of anilines is 2. The first-order valence-corrected chi connectivity index (χ1v) is 20.9. The van der Waals surface area contributed by atoms with Gasteiger partial charge in [-0.15, -0.1) is 0 Å². The first kappa shape index (κ1) is 43.4. The minimum absolute atomic E-state index is 0.0434. The number of para-hydroxylation sites is 1. The van der Waals surface area contributed by atoms with E-state index in [4.69, 9.17) is 4.74 Å². The molecule has 3 heterocycles. The quantitative estimate of drug-likeness (QED) is 0.120. The molecule has 4 amide bonds. The highest BCUT2D eigenvalue weighted by molar-refractivity contribution is 6.00. The molecule has 0 aliphatic carbocycles. The summed E-state index contributed by atoms with van der Waals surface area (Å²) in [6.07, 6.45) is 2.78. The second kappa shape index (κ2) is 18.5. The van der Waals surface area contributed by atoms with Gasteiger partial charge in [-0.05, 0) is 123 Å². The van der Waals surface area contributed by atoms with Gasteiger partial charge < -0.3 is 35.8 Å². The van der Waals surface area contributed by atoms with Crippen LogP contribution in [-0.2, 0) is 48.7 Å². The van der Waals surface area contributed by atoms with Gasteiger partial charge in [-0.3, -0.25) is 19.2 Å². The molecule has 61 heavy (non-hydrogen) atoms. The summed E-state index contributed by atoms with van der Waals surface area (Å²) >= 11 is 0. The molecular formula is C47H53F3N6O5. The first-order chi connectivity index (χ1) is 29.3. The highest BCUT2D eigenvalue weighted by atomic mass is 19.1. The van der Waals surface area contributed by atoms with E-state index in [2.05, 4.69) is 32.2 Å². The smallest absolute Gasteiger partial charge is 0.252 e. The Morgan fingerprint density at radius 1 is 0.902 bits per heavy atom. The van der Waals surface area contributed by atoms with E-state index in [-0.39, 0.29) is 30.1 Å². The molecule has 7 rings (SSSR count). The Labute approximate surface area is 354 Å². The number of rotatable bonds is 14. The van der Waals surface area contributed by atoms with Crippen molar-refractivity contribution in [3.8, 4) is 0 Å². The van der Waals surface area contributed by atoms with Crippen LogP contribution in [0.4, 0.5) is 24.5 Å². The molecule has 0 radical (unpaired) electrons. The number of nitrogens with zero attached hydrogens (tertiary/aromatic N) is 2. The zero-order valence-electron chi connectivity index (χ0n) is 35.0. The van der Waals surface area contributed by atoms with Crippen LogP contribution in [0.3, 0.4) is 0 Å². The van der Waals surface area contributed by atoms with Crippen molar-refractivity contribution in [3.63, 3.8) is 0 Å². The molecule has 4 aromatic carbocycles. The monoisotopic (exact) mass is 838 g/mol. The molecule has 0 aromatic heterocycles. The number of ether oxygens (including phenoxy) is 1. The maximum Gasteiger partial charge on any atom is 0.252 e. The third kappa shape index (κ3) is 9.30. The molecule has 4 atom stereocenters. The molecule has 0 bridgehead atoms. The van der Waals surface area contributed by atoms with Crippen molar-refractivity contribution in [1.82, 2.24) is 20.9 Å². The third-order valence-corrected chi connectivity index (χ3v) is 12.4. The number of aryl methyl sites for hydroxylation is 1. The second-order valence-electron chi connectivity index (χ2n) is 16.6. The maximum absolute atomic E-state index is 14.8. The molecule has 0 saturated carbocycles. The predicted molar refractivity (Wildman–Crippen MR) is 226 cm³/mol. The lowest BCUT2D eigenvalue weighted by molar-refractivity contribution is -0.144. The molecule has 322 valence electrons. The Hall–Kier alpha value is -5.73. The van der Waals surface area contributed by atoms with Crippen molar-refractivity contribution in [2.45, 2.75) is 76.0 Å². The number of likely N-dealkylation sites (N-methyl/N-ethyl adjacent to an activating group) is 2. The largest absolute Gasteiger partial charge is 0.381 e. The second-order valence-corrected chi connectivity index (χ2v) is 16.6. The van der Waals surface area contributed by atoms with Crippen LogP contribution in [0.25, 0.3) is 0 Å². The summed E-state index contributed by atoms with van der Waals surface area (Å²) < 4.78 is 48.7. The zero-order chi connectivity index (χ0) is 43.4. The van der Waals surface area contributed by atoms with Gasteiger partial charge in [-0.1, -0.05) is 48.5 Å². The van der Waals surface area contributed by atoms with Crippen LogP contribution < -0.4 is 26.2 Å². The summed E-state index contributed by atoms with van der Waals surface area (Å²) in [5.74, 6) is -4.20. The van der Waals surface area contributed by atoms with Gasteiger partial charge in [0.25, 0.3) is 5.91 Å². The Kier molecular flexibility index (Phi) is 13.1. The molecule has 2 unspecified atom stereocenters. The van der Waals surface area contributed by atoms with E-state index in [9.17, 15) is 32.3 Å². The molecule has 4 N–H and O–H groups in total. The third-order valence-electron chi connectivity index (χ3n) is 12.4. The fourth-order valence-corrected chi connectivity index (χ4v) is 8.79. The van der Waals surface area contributed by atoms with Crippen molar-refractivity contribution in [2.75, 3.05) is 50.6 Å². The molecule has 1 fully saturated rings. The number of carbonyl (C=O) groups excluding carboxylic acids is 4. The lowest BCUT2D eigenvalue weighted by Gasteiger charge is -2.35. The van der Waals surface area contributed by atoms with E-state index in [0.717, 1.165) is 40.1 Å². The topological polar surface area (TPSA) is 132 Å². The summed E-state index contributed by atoms with van der Waals surface area (Å²) in [5.41, 5.74) is 4.62. The predicted octanol–water partition coefficient (Wildman–Crippen LogP) is 5.69. The molecule has 3 aliphatic heterocycles. The lowest BCUT2D eigenvalue weighted by atomic mass is 9.83. The number of benzene rings is 4. The van der Waals surface area contributed by atoms with Crippen LogP contribution in [0.15, 0.2) is 78.9 Å². The van der Waals surface area contributed by atoms with Gasteiger partial charge in [0.1, 0.15) is 35.2 Å². The van der Waals surface area contributed by atoms with E-state index >= 15 is 0 Å². The van der Waals surface area contributed by atoms with E-state index in [1.54, 1.807) is 26.1 Å². The fourth-order valence-electron chi connectivity index (χ4n) is 8.79. The van der Waals surface area contributed by atoms with E-state index < -0.39 is 52.7 Å². The van der Waals surface area contributed by atoms with Crippen LogP contribution in [0, 0.1) is 23.4 Å². The van der Waals surface area contributed by atoms with Gasteiger partial charge >= 0.3 is 0 Å². The van der Waals surface area contributed by atoms with Gasteiger partial charge in [0.2, 0.25) is 17.7 Å². The molecule has 3 aliphatic rings. The van der Waals surface area contributed by atoms with Gasteiger partial charge in [0.15, 0.2) is 0 Å². The van der Waals surface area contributed by atoms with Crippen molar-refractivity contribution in [3.05, 3.63) is 130 Å². The minimum atomic E-state index is -1.25. The number of nitrogens with one attached hydrogen (secondary N) is 4. The van der Waals surface area contributed by atoms with Crippen LogP contribution in [0.2, 0.25) is 0 Å². The zero-order valence-corrected chi connectivity index (χ0v) is 35.0. The number of fused-ring (bicyclic) bond motifs is 2. The average molecular weight is 839 g/mol. The standard InChI is InChI=1S/C47H53F3N6O5/c1-28(51-3)43(57)53-40(32-18-21-61-22-19-32)45(59)56-26-33-14-10-29(24-35(33)42(56)44(58)54-41-37(49)8-5-9-38(41)50)7-6-20-52-46(60)47(2)27-55(4)39-25-31(13-17-36(39)47)23-30-11-15-34(48)16-12-30/h5,8-17,24-25,28,32,40,42,51H,6-7,18-23,26-27H2,1-4H3,(H,52,60)(H,53,57)(H,54,58)/t28-,40?,42?,47+/m0/s1. The molecule has 14 heteroatoms. The number of hydrogen-bond acceptors (Lipinski definition) is 7. The normalized spacial score (nSPS) is 19.5. The van der Waals surface area contributed by atoms with Crippen molar-refractivity contribution in [1.29, 1.82) is 0 Å². The molecular weight excluding hydrogens is 786 g/mol. The average Bonchev–Trinajstić information content (AvgIpc) is 3.77. The Morgan fingerprint density at radius 3 is 2.30 bits per heavy atom. The summed E-state index contributed by atoms with van der Waals surface area (Å²) in [7, 11) is 3.61. The highest BCUT2D eigenvalue weighted by Gasteiger charge is 2.45. The molecule has 0 spiro atoms. The molecule has 4 aromatic rings. The summed E-state index contributed by atoms with van der Waals surface area (Å²) in [4.78, 5) is 59.2. The summed E-state index contributed by atoms with van der Waals surface area (Å²) in [6.45, 7) is 5.37. The highest BCUT2D eigenvalue weighted by Crippen LogP contribution is 2.41. The number of amides is 4. The van der Waals surface area contributed by atoms with E-state index in [1.165, 1.54) is 23.1 Å². The van der Waals surface area contributed by atoms with Crippen molar-refractivity contribution >= 4 is 35.0 Å². The van der Waals surface area contributed by atoms with E-state index in [1.807, 2.05) is 44.3 Å². The summed E-state index contributed by atoms with van der Waals surface area (Å²) in [6, 6.07) is 18.6. The fraction of sp³-hybridized carbons (Fsp3) is 0.404. The van der Waals surface area contributed by atoms with Gasteiger partial charge in [0, 0.05) is 45.6 Å². The minimum Gasteiger partial charge on any atom is -0.381 e. The van der Waals surface area contributed by atoms with Crippen LogP contribution in [0.1, 0.15) is 72.5 Å². The van der Waals surface area contributed by atoms with Crippen LogP contribution in [0.5, 0.6) is 0 Å². The summed E-state index contributed by atoms with van der Waals surface area (Å²) in [5, 5.41) is 11.4. The Balaban J connectivity index is 1.06. The van der Waals surface area contributed by atoms with Gasteiger partial charge in [-0.25, -0.2) is 13.2 Å². The Bertz CT molecular complexity index is 2270. The van der Waals surface area contributed by atoms with Crippen LogP contribution >= 0.6 is 0 Å². The SMILES string of the molecule is CN[C@@H](C)C(=O)NC(C(=O)N1Cc2ccc(CCCNC(=O)[C@]3(C)CN(C)c4cc(Cc5ccc(F)cc5)ccc43)cc2C1C(=O)Nc1c(F)cccc1F)C1CCOCC1. The molecule has 1 saturated heterocycles. The van der Waals surface area contributed by atoms with Crippen molar-refractivity contribution in [2.24, 2.45) is 5.92 Å². The lowest BCUT2D eigenvalue weighted by Crippen LogP contribution is -2.56. The number of carbonyl (C=O) groups is 4. The van der Waals surface area contributed by atoms with E-state index in [0.29, 0.717) is 69.5 Å². The maximum atomic E-state index is 14.8. The number of hydrogen-bond donors (Lipinski definition) is 4. The number of halogens is 3. The first-order valence-electron chi connectivity index (χ1n) is 20.9. The van der Waals surface area contributed by atoms with Crippen LogP contribution in [-0.4, -0.2) is 81.0 Å². The van der Waals surface area contributed by atoms with Gasteiger partial charge in [0.05, 0.1) is 11.5 Å². The van der Waals surface area contributed by atoms with Gasteiger partial charge in [-0.2, -0.15) is 0 Å².